The molecule has 1 aromatic rings. The average molecular weight is 320 g/mol. The maximum absolute atomic E-state index is 12.2. The zero-order valence-electron chi connectivity index (χ0n) is 13.9. The van der Waals surface area contributed by atoms with E-state index in [9.17, 15) is 4.79 Å². The summed E-state index contributed by atoms with van der Waals surface area (Å²) in [4.78, 5) is 16.6. The number of hydrogen-bond donors (Lipinski definition) is 1. The van der Waals surface area contributed by atoms with E-state index in [0.717, 1.165) is 70.5 Å². The summed E-state index contributed by atoms with van der Waals surface area (Å²) in [6.07, 6.45) is 8.43. The standard InChI is InChI=1S/C16H28N6O/c17-14-4-9-20(10-5-14)11-6-15-12-22(19-18-15)13-16(23)21-7-2-1-3-8-21/h12,14H,1-11,13,17H2. The Bertz CT molecular complexity index is 502. The van der Waals surface area contributed by atoms with Crippen LogP contribution in [0.5, 0.6) is 0 Å². The highest BCUT2D eigenvalue weighted by atomic mass is 16.2. The van der Waals surface area contributed by atoms with Crippen LogP contribution in [0.15, 0.2) is 6.20 Å². The molecule has 0 aromatic carbocycles. The first kappa shape index (κ1) is 16.4. The Labute approximate surface area is 137 Å². The van der Waals surface area contributed by atoms with Gasteiger partial charge in [0.1, 0.15) is 6.54 Å². The van der Waals surface area contributed by atoms with Crippen LogP contribution in [0.3, 0.4) is 0 Å². The van der Waals surface area contributed by atoms with Crippen molar-refractivity contribution in [2.75, 3.05) is 32.7 Å². The van der Waals surface area contributed by atoms with E-state index < -0.39 is 0 Å². The zero-order chi connectivity index (χ0) is 16.1. The lowest BCUT2D eigenvalue weighted by Gasteiger charge is -2.29. The summed E-state index contributed by atoms with van der Waals surface area (Å²) < 4.78 is 1.68. The minimum atomic E-state index is 0.158. The molecule has 2 fully saturated rings. The van der Waals surface area contributed by atoms with Gasteiger partial charge < -0.3 is 15.5 Å². The van der Waals surface area contributed by atoms with Gasteiger partial charge in [-0.25, -0.2) is 4.68 Å². The summed E-state index contributed by atoms with van der Waals surface area (Å²) in [6.45, 7) is 5.22. The van der Waals surface area contributed by atoms with Crippen molar-refractivity contribution in [1.82, 2.24) is 24.8 Å². The van der Waals surface area contributed by atoms with Crippen LogP contribution in [0.1, 0.15) is 37.8 Å². The van der Waals surface area contributed by atoms with Gasteiger partial charge in [0.2, 0.25) is 5.91 Å². The summed E-state index contributed by atoms with van der Waals surface area (Å²) in [7, 11) is 0. The average Bonchev–Trinajstić information content (AvgIpc) is 3.02. The van der Waals surface area contributed by atoms with Crippen molar-refractivity contribution in [1.29, 1.82) is 0 Å². The molecule has 1 amide bonds. The maximum Gasteiger partial charge on any atom is 0.244 e. The first-order chi connectivity index (χ1) is 11.2. The molecule has 7 nitrogen and oxygen atoms in total. The van der Waals surface area contributed by atoms with Gasteiger partial charge in [0.05, 0.1) is 5.69 Å². The number of nitrogens with two attached hydrogens (primary N) is 1. The molecular weight excluding hydrogens is 292 g/mol. The fraction of sp³-hybridized carbons (Fsp3) is 0.812. The second-order valence-electron chi connectivity index (χ2n) is 6.78. The molecule has 0 atom stereocenters. The van der Waals surface area contributed by atoms with Crippen LogP contribution in [-0.4, -0.2) is 69.5 Å². The summed E-state index contributed by atoms with van der Waals surface area (Å²) >= 11 is 0. The van der Waals surface area contributed by atoms with Crippen LogP contribution in [0.2, 0.25) is 0 Å². The van der Waals surface area contributed by atoms with Gasteiger partial charge in [-0.05, 0) is 45.2 Å². The maximum atomic E-state index is 12.2. The van der Waals surface area contributed by atoms with Gasteiger partial charge >= 0.3 is 0 Å². The number of aromatic nitrogens is 3. The molecule has 0 bridgehead atoms. The molecule has 2 N–H and O–H groups in total. The lowest BCUT2D eigenvalue weighted by Crippen LogP contribution is -2.40. The Morgan fingerprint density at radius 2 is 1.91 bits per heavy atom. The molecule has 0 saturated carbocycles. The van der Waals surface area contributed by atoms with Crippen LogP contribution in [0.25, 0.3) is 0 Å². The first-order valence-corrected chi connectivity index (χ1v) is 8.85. The van der Waals surface area contributed by atoms with Gasteiger partial charge in [-0.1, -0.05) is 5.21 Å². The van der Waals surface area contributed by atoms with Crippen molar-refractivity contribution in [2.24, 2.45) is 5.73 Å². The highest BCUT2D eigenvalue weighted by Crippen LogP contribution is 2.10. The summed E-state index contributed by atoms with van der Waals surface area (Å²) in [5.74, 6) is 0.158. The van der Waals surface area contributed by atoms with Crippen molar-refractivity contribution in [3.8, 4) is 0 Å². The van der Waals surface area contributed by atoms with Gasteiger partial charge in [-0.3, -0.25) is 4.79 Å². The van der Waals surface area contributed by atoms with Gasteiger partial charge in [-0.2, -0.15) is 0 Å². The fourth-order valence-electron chi connectivity index (χ4n) is 3.36. The topological polar surface area (TPSA) is 80.3 Å². The highest BCUT2D eigenvalue weighted by molar-refractivity contribution is 5.75. The third-order valence-corrected chi connectivity index (χ3v) is 4.91. The quantitative estimate of drug-likeness (QED) is 0.841. The molecular formula is C16H28N6O. The molecule has 3 rings (SSSR count). The molecule has 1 aromatic heterocycles. The van der Waals surface area contributed by atoms with E-state index >= 15 is 0 Å². The SMILES string of the molecule is NC1CCN(CCc2cn(CC(=O)N3CCCCC3)nn2)CC1. The van der Waals surface area contributed by atoms with Crippen molar-refractivity contribution in [2.45, 2.75) is 51.1 Å². The second-order valence-corrected chi connectivity index (χ2v) is 6.78. The second kappa shape index (κ2) is 7.88. The Morgan fingerprint density at radius 3 is 2.65 bits per heavy atom. The van der Waals surface area contributed by atoms with E-state index in [-0.39, 0.29) is 5.91 Å². The van der Waals surface area contributed by atoms with E-state index in [2.05, 4.69) is 15.2 Å². The van der Waals surface area contributed by atoms with Crippen molar-refractivity contribution >= 4 is 5.91 Å². The van der Waals surface area contributed by atoms with Crippen LogP contribution in [0, 0.1) is 0 Å². The third kappa shape index (κ3) is 4.75. The van der Waals surface area contributed by atoms with Crippen LogP contribution >= 0.6 is 0 Å². The molecule has 0 spiro atoms. The first-order valence-electron chi connectivity index (χ1n) is 8.85. The number of carbonyl (C=O) groups is 1. The lowest BCUT2D eigenvalue weighted by molar-refractivity contribution is -0.132. The molecule has 23 heavy (non-hydrogen) atoms. The number of rotatable bonds is 5. The number of likely N-dealkylation sites (tertiary alicyclic amines) is 2. The Balaban J connectivity index is 1.43. The molecule has 2 aliphatic heterocycles. The van der Waals surface area contributed by atoms with E-state index in [4.69, 9.17) is 5.73 Å². The minimum Gasteiger partial charge on any atom is -0.341 e. The molecule has 128 valence electrons. The lowest BCUT2D eigenvalue weighted by atomic mass is 10.1. The van der Waals surface area contributed by atoms with Crippen molar-refractivity contribution in [3.05, 3.63) is 11.9 Å². The summed E-state index contributed by atoms with van der Waals surface area (Å²) in [5.41, 5.74) is 6.89. The molecule has 3 heterocycles. The fourth-order valence-corrected chi connectivity index (χ4v) is 3.36. The van der Waals surface area contributed by atoms with Gasteiger partial charge in [0.25, 0.3) is 0 Å². The van der Waals surface area contributed by atoms with Crippen LogP contribution < -0.4 is 5.73 Å². The Kier molecular flexibility index (Phi) is 5.61. The van der Waals surface area contributed by atoms with E-state index in [1.807, 2.05) is 11.1 Å². The van der Waals surface area contributed by atoms with Crippen LogP contribution in [0.4, 0.5) is 0 Å². The van der Waals surface area contributed by atoms with Gasteiger partial charge in [0.15, 0.2) is 0 Å². The highest BCUT2D eigenvalue weighted by Gasteiger charge is 2.18. The minimum absolute atomic E-state index is 0.158. The van der Waals surface area contributed by atoms with Crippen molar-refractivity contribution < 1.29 is 4.79 Å². The van der Waals surface area contributed by atoms with Gasteiger partial charge in [-0.15, -0.1) is 5.10 Å². The largest absolute Gasteiger partial charge is 0.341 e. The normalized spacial score (nSPS) is 20.8. The monoisotopic (exact) mass is 320 g/mol. The van der Waals surface area contributed by atoms with Crippen LogP contribution in [-0.2, 0) is 17.8 Å². The molecule has 7 heteroatoms. The predicted octanol–water partition coefficient (Wildman–Crippen LogP) is 0.256. The molecule has 0 aliphatic carbocycles. The summed E-state index contributed by atoms with van der Waals surface area (Å²) in [6, 6.07) is 0.368. The third-order valence-electron chi connectivity index (χ3n) is 4.91. The molecule has 2 aliphatic rings. The smallest absolute Gasteiger partial charge is 0.244 e. The Morgan fingerprint density at radius 1 is 1.17 bits per heavy atom. The van der Waals surface area contributed by atoms with E-state index in [1.54, 1.807) is 4.68 Å². The molecule has 0 radical (unpaired) electrons. The van der Waals surface area contributed by atoms with Gasteiger partial charge in [0, 0.05) is 38.3 Å². The van der Waals surface area contributed by atoms with E-state index in [0.29, 0.717) is 12.6 Å². The Hall–Kier alpha value is -1.47. The number of hydrogen-bond acceptors (Lipinski definition) is 5. The molecule has 2 saturated heterocycles. The number of amides is 1. The van der Waals surface area contributed by atoms with Crippen molar-refractivity contribution in [3.63, 3.8) is 0 Å². The zero-order valence-corrected chi connectivity index (χ0v) is 13.9. The molecule has 0 unspecified atom stereocenters. The number of piperidine rings is 2. The predicted molar refractivity (Wildman–Crippen MR) is 87.8 cm³/mol. The number of nitrogens with zero attached hydrogens (tertiary/aromatic N) is 5. The van der Waals surface area contributed by atoms with E-state index in [1.165, 1.54) is 6.42 Å². The number of carbonyl (C=O) groups excluding carboxylic acids is 1. The summed E-state index contributed by atoms with van der Waals surface area (Å²) in [5, 5.41) is 8.31.